The van der Waals surface area contributed by atoms with Crippen LogP contribution in [0.2, 0.25) is 0 Å². The number of hydrogen-bond donors (Lipinski definition) is 0. The third kappa shape index (κ3) is 2.85. The molecule has 0 unspecified atom stereocenters. The molecule has 0 aliphatic carbocycles. The Morgan fingerprint density at radius 1 is 1.29 bits per heavy atom. The van der Waals surface area contributed by atoms with Crippen LogP contribution in [0.4, 0.5) is 16.2 Å². The quantitative estimate of drug-likeness (QED) is 0.581. The lowest BCUT2D eigenvalue weighted by atomic mass is 10.1. The minimum Gasteiger partial charge on any atom is -0.444 e. The number of anilines is 1. The van der Waals surface area contributed by atoms with Gasteiger partial charge in [0.1, 0.15) is 22.6 Å². The summed E-state index contributed by atoms with van der Waals surface area (Å²) in [4.78, 5) is 32.3. The fourth-order valence-corrected chi connectivity index (χ4v) is 4.27. The smallest absolute Gasteiger partial charge is 0.410 e. The maximum atomic E-state index is 12.5. The number of nitro groups is 1. The molecule has 2 aliphatic heterocycles. The summed E-state index contributed by atoms with van der Waals surface area (Å²) in [6.07, 6.45) is 0.458. The van der Waals surface area contributed by atoms with Gasteiger partial charge in [-0.15, -0.1) is 0 Å². The maximum Gasteiger partial charge on any atom is 0.410 e. The number of nitro benzene ring substituents is 1. The SMILES string of the molecule is Cc1nc2c(N3C[C@H]4C[C@@H]3CN4C(=O)OC(C)(C)C)c([N+](=O)[O-])ccc2n1C. The van der Waals surface area contributed by atoms with Gasteiger partial charge in [0.2, 0.25) is 0 Å². The van der Waals surface area contributed by atoms with Crippen LogP contribution in [0, 0.1) is 17.0 Å². The summed E-state index contributed by atoms with van der Waals surface area (Å²) in [5.41, 5.74) is 1.58. The van der Waals surface area contributed by atoms with Gasteiger partial charge in [0.05, 0.1) is 16.5 Å². The Bertz CT molecular complexity index is 977. The van der Waals surface area contributed by atoms with E-state index in [2.05, 4.69) is 9.88 Å². The van der Waals surface area contributed by atoms with Crippen LogP contribution in [0.3, 0.4) is 0 Å². The molecule has 2 bridgehead atoms. The van der Waals surface area contributed by atoms with E-state index in [1.54, 1.807) is 17.0 Å². The number of rotatable bonds is 2. The highest BCUT2D eigenvalue weighted by atomic mass is 16.6. The Balaban J connectivity index is 1.68. The van der Waals surface area contributed by atoms with Gasteiger partial charge in [0.25, 0.3) is 5.69 Å². The highest BCUT2D eigenvalue weighted by molar-refractivity contribution is 5.95. The second kappa shape index (κ2) is 6.08. The standard InChI is InChI=1S/C19H25N5O4/c1-11-20-16-14(21(11)5)6-7-15(24(26)27)17(16)22-9-13-8-12(22)10-23(13)18(25)28-19(2,3)4/h6-7,12-13H,8-10H2,1-5H3/t12-,13-/m1/s1. The number of aryl methyl sites for hydroxylation is 2. The molecular formula is C19H25N5O4. The number of carbonyl (C=O) groups is 1. The molecule has 1 amide bonds. The van der Waals surface area contributed by atoms with E-state index in [1.807, 2.05) is 39.3 Å². The summed E-state index contributed by atoms with van der Waals surface area (Å²) in [7, 11) is 1.90. The zero-order chi connectivity index (χ0) is 20.4. The van der Waals surface area contributed by atoms with Crippen LogP contribution >= 0.6 is 0 Å². The van der Waals surface area contributed by atoms with E-state index in [1.165, 1.54) is 0 Å². The molecule has 28 heavy (non-hydrogen) atoms. The predicted molar refractivity (Wildman–Crippen MR) is 105 cm³/mol. The second-order valence-electron chi connectivity index (χ2n) is 8.60. The van der Waals surface area contributed by atoms with Crippen LogP contribution in [0.5, 0.6) is 0 Å². The first-order chi connectivity index (χ1) is 13.1. The van der Waals surface area contributed by atoms with Gasteiger partial charge >= 0.3 is 6.09 Å². The molecule has 2 aromatic rings. The van der Waals surface area contributed by atoms with Gasteiger partial charge < -0.3 is 19.1 Å². The lowest BCUT2D eigenvalue weighted by Gasteiger charge is -2.36. The van der Waals surface area contributed by atoms with E-state index in [9.17, 15) is 14.9 Å². The zero-order valence-corrected chi connectivity index (χ0v) is 16.8. The van der Waals surface area contributed by atoms with Crippen LogP contribution in [-0.2, 0) is 11.8 Å². The first-order valence-corrected chi connectivity index (χ1v) is 9.43. The van der Waals surface area contributed by atoms with Crippen LogP contribution in [0.1, 0.15) is 33.0 Å². The number of carbonyl (C=O) groups excluding carboxylic acids is 1. The summed E-state index contributed by atoms with van der Waals surface area (Å²) >= 11 is 0. The zero-order valence-electron chi connectivity index (χ0n) is 16.8. The van der Waals surface area contributed by atoms with E-state index in [4.69, 9.17) is 4.74 Å². The molecule has 0 radical (unpaired) electrons. The van der Waals surface area contributed by atoms with Gasteiger partial charge in [-0.1, -0.05) is 0 Å². The molecule has 9 heteroatoms. The second-order valence-corrected chi connectivity index (χ2v) is 8.60. The predicted octanol–water partition coefficient (Wildman–Crippen LogP) is 2.99. The normalized spacial score (nSPS) is 21.6. The minimum absolute atomic E-state index is 0.0143. The largest absolute Gasteiger partial charge is 0.444 e. The molecule has 2 atom stereocenters. The summed E-state index contributed by atoms with van der Waals surface area (Å²) in [6.45, 7) is 8.46. The fourth-order valence-electron chi connectivity index (χ4n) is 4.27. The molecule has 2 saturated heterocycles. The number of benzene rings is 1. The number of imidazole rings is 1. The number of fused-ring (bicyclic) bond motifs is 3. The molecule has 4 rings (SSSR count). The highest BCUT2D eigenvalue weighted by Crippen LogP contribution is 2.43. The van der Waals surface area contributed by atoms with E-state index in [0.717, 1.165) is 17.8 Å². The Morgan fingerprint density at radius 2 is 2.00 bits per heavy atom. The Morgan fingerprint density at radius 3 is 2.57 bits per heavy atom. The molecule has 1 aromatic carbocycles. The minimum atomic E-state index is -0.547. The lowest BCUT2D eigenvalue weighted by Crippen LogP contribution is -2.50. The molecule has 1 aromatic heterocycles. The maximum absolute atomic E-state index is 12.5. The van der Waals surface area contributed by atoms with E-state index in [0.29, 0.717) is 24.3 Å². The van der Waals surface area contributed by atoms with Crippen molar-refractivity contribution in [2.45, 2.75) is 51.8 Å². The topological polar surface area (TPSA) is 93.7 Å². The summed E-state index contributed by atoms with van der Waals surface area (Å²) < 4.78 is 7.45. The number of amides is 1. The van der Waals surface area contributed by atoms with Gasteiger partial charge in [-0.25, -0.2) is 9.78 Å². The van der Waals surface area contributed by atoms with E-state index < -0.39 is 5.60 Å². The van der Waals surface area contributed by atoms with Crippen molar-refractivity contribution in [3.8, 4) is 0 Å². The van der Waals surface area contributed by atoms with Crippen molar-refractivity contribution in [2.75, 3.05) is 18.0 Å². The first-order valence-electron chi connectivity index (χ1n) is 9.43. The molecule has 3 heterocycles. The lowest BCUT2D eigenvalue weighted by molar-refractivity contribution is -0.384. The molecule has 0 saturated carbocycles. The Hall–Kier alpha value is -2.84. The summed E-state index contributed by atoms with van der Waals surface area (Å²) in [5.74, 6) is 0.802. The summed E-state index contributed by atoms with van der Waals surface area (Å²) in [6, 6.07) is 3.30. The van der Waals surface area contributed by atoms with E-state index >= 15 is 0 Å². The van der Waals surface area contributed by atoms with Crippen LogP contribution in [-0.4, -0.2) is 56.2 Å². The number of hydrogen-bond acceptors (Lipinski definition) is 6. The van der Waals surface area contributed by atoms with Crippen molar-refractivity contribution in [1.82, 2.24) is 14.5 Å². The van der Waals surface area contributed by atoms with Crippen molar-refractivity contribution in [1.29, 1.82) is 0 Å². The Labute approximate surface area is 163 Å². The van der Waals surface area contributed by atoms with Crippen LogP contribution in [0.15, 0.2) is 12.1 Å². The van der Waals surface area contributed by atoms with E-state index in [-0.39, 0.29) is 28.8 Å². The summed E-state index contributed by atoms with van der Waals surface area (Å²) in [5, 5.41) is 11.7. The molecule has 150 valence electrons. The van der Waals surface area contributed by atoms with Gasteiger partial charge in [0.15, 0.2) is 0 Å². The first kappa shape index (κ1) is 18.5. The molecule has 9 nitrogen and oxygen atoms in total. The van der Waals surface area contributed by atoms with Gasteiger partial charge in [-0.2, -0.15) is 0 Å². The van der Waals surface area contributed by atoms with Crippen molar-refractivity contribution in [3.05, 3.63) is 28.1 Å². The van der Waals surface area contributed by atoms with Gasteiger partial charge in [-0.05, 0) is 40.2 Å². The number of aromatic nitrogens is 2. The molecule has 0 spiro atoms. The van der Waals surface area contributed by atoms with Gasteiger partial charge in [-0.3, -0.25) is 10.1 Å². The average molecular weight is 387 g/mol. The van der Waals surface area contributed by atoms with Crippen molar-refractivity contribution >= 4 is 28.5 Å². The average Bonchev–Trinajstić information content (AvgIpc) is 3.26. The van der Waals surface area contributed by atoms with Crippen molar-refractivity contribution in [3.63, 3.8) is 0 Å². The number of ether oxygens (including phenoxy) is 1. The molecule has 0 N–H and O–H groups in total. The third-order valence-corrected chi connectivity index (χ3v) is 5.58. The Kier molecular flexibility index (Phi) is 4.02. The molecule has 2 fully saturated rings. The third-order valence-electron chi connectivity index (χ3n) is 5.58. The number of likely N-dealkylation sites (tertiary alicyclic amines) is 1. The molecular weight excluding hydrogens is 362 g/mol. The molecule has 2 aliphatic rings. The van der Waals surface area contributed by atoms with Gasteiger partial charge in [0, 0.05) is 32.2 Å². The van der Waals surface area contributed by atoms with Crippen molar-refractivity contribution in [2.24, 2.45) is 7.05 Å². The van der Waals surface area contributed by atoms with Crippen LogP contribution < -0.4 is 4.90 Å². The fraction of sp³-hybridized carbons (Fsp3) is 0.579. The van der Waals surface area contributed by atoms with Crippen LogP contribution in [0.25, 0.3) is 11.0 Å². The monoisotopic (exact) mass is 387 g/mol. The number of nitrogens with zero attached hydrogens (tertiary/aromatic N) is 5. The highest BCUT2D eigenvalue weighted by Gasteiger charge is 2.48. The van der Waals surface area contributed by atoms with Crippen molar-refractivity contribution < 1.29 is 14.5 Å². The number of piperazine rings is 1.